The summed E-state index contributed by atoms with van der Waals surface area (Å²) in [5.74, 6) is 1.53. The zero-order valence-electron chi connectivity index (χ0n) is 10.1. The molecule has 3 heteroatoms. The van der Waals surface area contributed by atoms with Crippen LogP contribution in [-0.2, 0) is 0 Å². The van der Waals surface area contributed by atoms with Crippen molar-refractivity contribution in [1.82, 2.24) is 4.98 Å². The number of rotatable bonds is 3. The molecule has 0 unspecified atom stereocenters. The highest BCUT2D eigenvalue weighted by Crippen LogP contribution is 2.21. The smallest absolute Gasteiger partial charge is 0.145 e. The quantitative estimate of drug-likeness (QED) is 0.877. The molecule has 0 radical (unpaired) electrons. The first-order chi connectivity index (χ1) is 8.15. The molecule has 1 aromatic carbocycles. The van der Waals surface area contributed by atoms with E-state index in [2.05, 4.69) is 4.98 Å². The largest absolute Gasteiger partial charge is 0.456 e. The van der Waals surface area contributed by atoms with Crippen LogP contribution in [0, 0.1) is 6.92 Å². The maximum atomic E-state index is 5.73. The maximum absolute atomic E-state index is 5.73. The summed E-state index contributed by atoms with van der Waals surface area (Å²) < 4.78 is 5.66. The Bertz CT molecular complexity index is 475. The topological polar surface area (TPSA) is 48.1 Å². The number of hydrogen-bond donors (Lipinski definition) is 1. The third-order valence-corrected chi connectivity index (χ3v) is 2.48. The fourth-order valence-corrected chi connectivity index (χ4v) is 1.46. The average Bonchev–Trinajstić information content (AvgIpc) is 2.33. The van der Waals surface area contributed by atoms with Gasteiger partial charge >= 0.3 is 0 Å². The van der Waals surface area contributed by atoms with Gasteiger partial charge in [0, 0.05) is 6.04 Å². The van der Waals surface area contributed by atoms with Crippen LogP contribution in [0.2, 0.25) is 0 Å². The SMILES string of the molecule is Cc1ccc(Oc2ccc([C@@H](C)N)nc2)cc1. The molecular weight excluding hydrogens is 212 g/mol. The molecule has 0 amide bonds. The van der Waals surface area contributed by atoms with E-state index in [0.29, 0.717) is 0 Å². The molecule has 88 valence electrons. The van der Waals surface area contributed by atoms with Crippen LogP contribution in [0.25, 0.3) is 0 Å². The Morgan fingerprint density at radius 2 is 1.71 bits per heavy atom. The van der Waals surface area contributed by atoms with E-state index in [9.17, 15) is 0 Å². The van der Waals surface area contributed by atoms with E-state index in [-0.39, 0.29) is 6.04 Å². The molecule has 0 aliphatic heterocycles. The van der Waals surface area contributed by atoms with Crippen molar-refractivity contribution < 1.29 is 4.74 Å². The number of ether oxygens (including phenoxy) is 1. The number of nitrogens with two attached hydrogens (primary N) is 1. The molecule has 0 bridgehead atoms. The molecule has 0 fully saturated rings. The molecule has 1 heterocycles. The number of aromatic nitrogens is 1. The average molecular weight is 228 g/mol. The zero-order chi connectivity index (χ0) is 12.3. The normalized spacial score (nSPS) is 12.2. The molecule has 0 aliphatic carbocycles. The number of aryl methyl sites for hydroxylation is 1. The summed E-state index contributed by atoms with van der Waals surface area (Å²) in [5.41, 5.74) is 7.80. The predicted molar refractivity (Wildman–Crippen MR) is 68.1 cm³/mol. The fourth-order valence-electron chi connectivity index (χ4n) is 1.46. The van der Waals surface area contributed by atoms with Crippen molar-refractivity contribution in [1.29, 1.82) is 0 Å². The molecule has 2 aromatic rings. The highest BCUT2D eigenvalue weighted by Gasteiger charge is 2.02. The first-order valence-electron chi connectivity index (χ1n) is 5.61. The number of hydrogen-bond acceptors (Lipinski definition) is 3. The molecule has 0 aliphatic rings. The van der Waals surface area contributed by atoms with Gasteiger partial charge in [-0.15, -0.1) is 0 Å². The molecule has 2 N–H and O–H groups in total. The van der Waals surface area contributed by atoms with Gasteiger partial charge in [-0.1, -0.05) is 17.7 Å². The van der Waals surface area contributed by atoms with Crippen LogP contribution in [0.5, 0.6) is 11.5 Å². The fraction of sp³-hybridized carbons (Fsp3) is 0.214. The number of pyridine rings is 1. The molecule has 1 atom stereocenters. The van der Waals surface area contributed by atoms with Gasteiger partial charge in [0.1, 0.15) is 11.5 Å². The van der Waals surface area contributed by atoms with Gasteiger partial charge < -0.3 is 10.5 Å². The number of benzene rings is 1. The summed E-state index contributed by atoms with van der Waals surface area (Å²) in [4.78, 5) is 4.24. The molecule has 0 saturated heterocycles. The lowest BCUT2D eigenvalue weighted by atomic mass is 10.2. The highest BCUT2D eigenvalue weighted by molar-refractivity contribution is 5.32. The van der Waals surface area contributed by atoms with Crippen LogP contribution in [0.4, 0.5) is 0 Å². The Hall–Kier alpha value is -1.87. The number of nitrogens with zero attached hydrogens (tertiary/aromatic N) is 1. The second-order valence-electron chi connectivity index (χ2n) is 4.12. The Balaban J connectivity index is 2.11. The van der Waals surface area contributed by atoms with Crippen LogP contribution in [0.1, 0.15) is 24.2 Å². The zero-order valence-corrected chi connectivity index (χ0v) is 10.1. The van der Waals surface area contributed by atoms with Crippen LogP contribution in [-0.4, -0.2) is 4.98 Å². The minimum Gasteiger partial charge on any atom is -0.456 e. The standard InChI is InChI=1S/C14H16N2O/c1-10-3-5-12(6-4-10)17-13-7-8-14(11(2)15)16-9-13/h3-9,11H,15H2,1-2H3/t11-/m1/s1. The van der Waals surface area contributed by atoms with E-state index in [4.69, 9.17) is 10.5 Å². The van der Waals surface area contributed by atoms with Crippen molar-refractivity contribution in [2.75, 3.05) is 0 Å². The first kappa shape index (κ1) is 11.6. The van der Waals surface area contributed by atoms with Gasteiger partial charge in [0.2, 0.25) is 0 Å². The lowest BCUT2D eigenvalue weighted by molar-refractivity contribution is 0.479. The molecule has 17 heavy (non-hydrogen) atoms. The maximum Gasteiger partial charge on any atom is 0.145 e. The second kappa shape index (κ2) is 4.97. The Morgan fingerprint density at radius 1 is 1.06 bits per heavy atom. The van der Waals surface area contributed by atoms with E-state index in [0.717, 1.165) is 17.2 Å². The van der Waals surface area contributed by atoms with Crippen molar-refractivity contribution in [2.24, 2.45) is 5.73 Å². The van der Waals surface area contributed by atoms with Crippen LogP contribution in [0.3, 0.4) is 0 Å². The molecule has 2 rings (SSSR count). The Kier molecular flexibility index (Phi) is 3.40. The lowest BCUT2D eigenvalue weighted by Gasteiger charge is -2.07. The van der Waals surface area contributed by atoms with Crippen molar-refractivity contribution in [2.45, 2.75) is 19.9 Å². The molecule has 0 saturated carbocycles. The summed E-state index contributed by atoms with van der Waals surface area (Å²) in [6, 6.07) is 11.6. The Morgan fingerprint density at radius 3 is 2.24 bits per heavy atom. The minimum absolute atomic E-state index is 0.0524. The van der Waals surface area contributed by atoms with Gasteiger partial charge in [0.05, 0.1) is 11.9 Å². The van der Waals surface area contributed by atoms with Crippen molar-refractivity contribution in [3.05, 3.63) is 53.9 Å². The summed E-state index contributed by atoms with van der Waals surface area (Å²) in [6.45, 7) is 3.95. The van der Waals surface area contributed by atoms with E-state index in [1.54, 1.807) is 6.20 Å². The van der Waals surface area contributed by atoms with E-state index < -0.39 is 0 Å². The van der Waals surface area contributed by atoms with Crippen molar-refractivity contribution in [3.8, 4) is 11.5 Å². The molecule has 3 nitrogen and oxygen atoms in total. The van der Waals surface area contributed by atoms with Gasteiger partial charge in [0.15, 0.2) is 0 Å². The molecule has 0 spiro atoms. The van der Waals surface area contributed by atoms with Crippen molar-refractivity contribution in [3.63, 3.8) is 0 Å². The molecular formula is C14H16N2O. The van der Waals surface area contributed by atoms with E-state index >= 15 is 0 Å². The van der Waals surface area contributed by atoms with E-state index in [1.165, 1.54) is 5.56 Å². The predicted octanol–water partition coefficient (Wildman–Crippen LogP) is 3.20. The third-order valence-electron chi connectivity index (χ3n) is 2.48. The van der Waals surface area contributed by atoms with Gasteiger partial charge in [-0.25, -0.2) is 0 Å². The lowest BCUT2D eigenvalue weighted by Crippen LogP contribution is -2.06. The van der Waals surface area contributed by atoms with Crippen molar-refractivity contribution >= 4 is 0 Å². The summed E-state index contributed by atoms with van der Waals surface area (Å²) in [6.07, 6.45) is 1.69. The van der Waals surface area contributed by atoms with Crippen LogP contribution in [0.15, 0.2) is 42.6 Å². The molecule has 1 aromatic heterocycles. The van der Waals surface area contributed by atoms with Gasteiger partial charge in [0.25, 0.3) is 0 Å². The third kappa shape index (κ3) is 3.04. The van der Waals surface area contributed by atoms with Crippen LogP contribution >= 0.6 is 0 Å². The van der Waals surface area contributed by atoms with Crippen LogP contribution < -0.4 is 10.5 Å². The first-order valence-corrected chi connectivity index (χ1v) is 5.61. The van der Waals surface area contributed by atoms with Gasteiger partial charge in [-0.3, -0.25) is 4.98 Å². The summed E-state index contributed by atoms with van der Waals surface area (Å²) in [5, 5.41) is 0. The second-order valence-corrected chi connectivity index (χ2v) is 4.12. The highest BCUT2D eigenvalue weighted by atomic mass is 16.5. The Labute approximate surface area is 101 Å². The minimum atomic E-state index is -0.0524. The van der Waals surface area contributed by atoms with Gasteiger partial charge in [-0.2, -0.15) is 0 Å². The monoisotopic (exact) mass is 228 g/mol. The van der Waals surface area contributed by atoms with Gasteiger partial charge in [-0.05, 0) is 38.1 Å². The summed E-state index contributed by atoms with van der Waals surface area (Å²) in [7, 11) is 0. The van der Waals surface area contributed by atoms with E-state index in [1.807, 2.05) is 50.2 Å². The summed E-state index contributed by atoms with van der Waals surface area (Å²) >= 11 is 0.